The number of hydrogen-bond acceptors (Lipinski definition) is 6. The topological polar surface area (TPSA) is 93.2 Å². The second kappa shape index (κ2) is 5.71. The van der Waals surface area contributed by atoms with Crippen LogP contribution >= 0.6 is 11.3 Å². The number of fused-ring (bicyclic) bond motifs is 1. The van der Waals surface area contributed by atoms with Gasteiger partial charge in [0.05, 0.1) is 11.0 Å². The average Bonchev–Trinajstić information content (AvgIpc) is 2.96. The Morgan fingerprint density at radius 2 is 2.14 bits per heavy atom. The highest BCUT2D eigenvalue weighted by Crippen LogP contribution is 2.39. The van der Waals surface area contributed by atoms with Gasteiger partial charge in [-0.05, 0) is 48.4 Å². The average molecular weight is 304 g/mol. The van der Waals surface area contributed by atoms with Crippen molar-refractivity contribution >= 4 is 28.4 Å². The summed E-state index contributed by atoms with van der Waals surface area (Å²) in [6.45, 7) is 0. The van der Waals surface area contributed by atoms with Crippen LogP contribution in [0.15, 0.2) is 29.6 Å². The lowest BCUT2D eigenvalue weighted by molar-refractivity contribution is -0.383. The van der Waals surface area contributed by atoms with Crippen molar-refractivity contribution in [2.75, 3.05) is 10.7 Å². The Morgan fingerprint density at radius 1 is 1.33 bits per heavy atom. The molecule has 1 aliphatic rings. The van der Waals surface area contributed by atoms with Gasteiger partial charge in [0.1, 0.15) is 11.4 Å². The molecule has 0 fully saturated rings. The molecular weight excluding hydrogens is 288 g/mol. The molecule has 21 heavy (non-hydrogen) atoms. The SMILES string of the molecule is NNc1cccc(NC2CCCc3sccc32)c1[N+](=O)[O-]. The van der Waals surface area contributed by atoms with Crippen LogP contribution in [0, 0.1) is 10.1 Å². The summed E-state index contributed by atoms with van der Waals surface area (Å²) in [5.74, 6) is 5.37. The maximum absolute atomic E-state index is 11.3. The van der Waals surface area contributed by atoms with Crippen LogP contribution < -0.4 is 16.6 Å². The van der Waals surface area contributed by atoms with E-state index >= 15 is 0 Å². The van der Waals surface area contributed by atoms with Crippen molar-refractivity contribution in [2.45, 2.75) is 25.3 Å². The second-order valence-corrected chi connectivity index (χ2v) is 5.99. The third kappa shape index (κ3) is 2.57. The Kier molecular flexibility index (Phi) is 3.76. The van der Waals surface area contributed by atoms with Crippen LogP contribution in [0.25, 0.3) is 0 Å². The molecule has 0 aliphatic heterocycles. The quantitative estimate of drug-likeness (QED) is 0.457. The molecule has 1 aliphatic carbocycles. The zero-order valence-corrected chi connectivity index (χ0v) is 12.2. The number of benzene rings is 1. The summed E-state index contributed by atoms with van der Waals surface area (Å²) < 4.78 is 0. The number of nitrogens with zero attached hydrogens (tertiary/aromatic N) is 1. The van der Waals surface area contributed by atoms with Gasteiger partial charge >= 0.3 is 5.69 Å². The smallest absolute Gasteiger partial charge is 0.316 e. The largest absolute Gasteiger partial charge is 0.373 e. The fourth-order valence-electron chi connectivity index (χ4n) is 2.80. The molecule has 0 saturated carbocycles. The maximum atomic E-state index is 11.3. The number of nitrogen functional groups attached to an aromatic ring is 1. The van der Waals surface area contributed by atoms with E-state index in [1.54, 1.807) is 29.5 Å². The Labute approximate surface area is 126 Å². The molecule has 1 unspecified atom stereocenters. The van der Waals surface area contributed by atoms with Crippen molar-refractivity contribution in [3.05, 3.63) is 50.2 Å². The van der Waals surface area contributed by atoms with Gasteiger partial charge in [-0.15, -0.1) is 11.3 Å². The molecule has 6 nitrogen and oxygen atoms in total. The number of nitrogens with one attached hydrogen (secondary N) is 2. The zero-order valence-electron chi connectivity index (χ0n) is 11.3. The molecule has 1 aromatic carbocycles. The highest BCUT2D eigenvalue weighted by molar-refractivity contribution is 7.10. The predicted octanol–water partition coefficient (Wildman–Crippen LogP) is 3.43. The summed E-state index contributed by atoms with van der Waals surface area (Å²) in [6.07, 6.45) is 3.16. The van der Waals surface area contributed by atoms with E-state index in [-0.39, 0.29) is 11.7 Å². The van der Waals surface area contributed by atoms with E-state index in [0.29, 0.717) is 11.4 Å². The number of hydrazine groups is 1. The first kappa shape index (κ1) is 13.8. The van der Waals surface area contributed by atoms with Crippen LogP contribution in [0.4, 0.5) is 17.1 Å². The number of thiophene rings is 1. The van der Waals surface area contributed by atoms with E-state index in [9.17, 15) is 10.1 Å². The number of hydrogen-bond donors (Lipinski definition) is 3. The van der Waals surface area contributed by atoms with E-state index in [1.807, 2.05) is 0 Å². The molecule has 0 bridgehead atoms. The first-order valence-corrected chi connectivity index (χ1v) is 7.65. The summed E-state index contributed by atoms with van der Waals surface area (Å²) in [4.78, 5) is 12.3. The Morgan fingerprint density at radius 3 is 2.90 bits per heavy atom. The van der Waals surface area contributed by atoms with Crippen LogP contribution in [-0.4, -0.2) is 4.92 Å². The van der Waals surface area contributed by atoms with Crippen molar-refractivity contribution < 1.29 is 4.92 Å². The van der Waals surface area contributed by atoms with Gasteiger partial charge in [-0.25, -0.2) is 0 Å². The van der Waals surface area contributed by atoms with Crippen LogP contribution in [-0.2, 0) is 6.42 Å². The molecule has 0 amide bonds. The molecule has 7 heteroatoms. The number of nitro groups is 1. The number of aryl methyl sites for hydroxylation is 1. The van der Waals surface area contributed by atoms with E-state index in [0.717, 1.165) is 19.3 Å². The minimum Gasteiger partial charge on any atom is -0.373 e. The maximum Gasteiger partial charge on any atom is 0.316 e. The van der Waals surface area contributed by atoms with Gasteiger partial charge in [-0.1, -0.05) is 6.07 Å². The summed E-state index contributed by atoms with van der Waals surface area (Å²) in [7, 11) is 0. The first-order chi connectivity index (χ1) is 10.2. The van der Waals surface area contributed by atoms with E-state index in [2.05, 4.69) is 22.2 Å². The fourth-order valence-corrected chi connectivity index (χ4v) is 3.78. The third-order valence-corrected chi connectivity index (χ3v) is 4.75. The van der Waals surface area contributed by atoms with Crippen molar-refractivity contribution in [1.29, 1.82) is 0 Å². The monoisotopic (exact) mass is 304 g/mol. The van der Waals surface area contributed by atoms with Crippen molar-refractivity contribution in [3.63, 3.8) is 0 Å². The van der Waals surface area contributed by atoms with Gasteiger partial charge in [0.15, 0.2) is 0 Å². The molecule has 0 spiro atoms. The Hall–Kier alpha value is -2.12. The Bertz CT molecular complexity index is 671. The molecular formula is C14H16N4O2S. The summed E-state index contributed by atoms with van der Waals surface area (Å²) in [6, 6.07) is 7.29. The first-order valence-electron chi connectivity index (χ1n) is 6.77. The summed E-state index contributed by atoms with van der Waals surface area (Å²) in [5, 5.41) is 16.7. The van der Waals surface area contributed by atoms with Gasteiger partial charge in [0.2, 0.25) is 0 Å². The number of anilines is 2. The highest BCUT2D eigenvalue weighted by atomic mass is 32.1. The molecule has 0 radical (unpaired) electrons. The van der Waals surface area contributed by atoms with Crippen LogP contribution in [0.2, 0.25) is 0 Å². The van der Waals surface area contributed by atoms with Crippen LogP contribution in [0.5, 0.6) is 0 Å². The minimum absolute atomic E-state index is 0.0117. The van der Waals surface area contributed by atoms with Crippen LogP contribution in [0.1, 0.15) is 29.3 Å². The number of nitrogens with two attached hydrogens (primary N) is 1. The van der Waals surface area contributed by atoms with Gasteiger partial charge < -0.3 is 10.7 Å². The van der Waals surface area contributed by atoms with Gasteiger partial charge in [0, 0.05) is 4.88 Å². The molecule has 0 saturated heterocycles. The highest BCUT2D eigenvalue weighted by Gasteiger charge is 2.25. The second-order valence-electron chi connectivity index (χ2n) is 4.99. The van der Waals surface area contributed by atoms with Crippen molar-refractivity contribution in [2.24, 2.45) is 5.84 Å². The summed E-state index contributed by atoms with van der Waals surface area (Å²) in [5.41, 5.74) is 4.44. The number of rotatable bonds is 4. The predicted molar refractivity (Wildman–Crippen MR) is 84.5 cm³/mol. The molecule has 4 N–H and O–H groups in total. The minimum atomic E-state index is -0.408. The molecule has 1 heterocycles. The zero-order chi connectivity index (χ0) is 14.8. The van der Waals surface area contributed by atoms with Gasteiger partial charge in [0.25, 0.3) is 0 Å². The lowest BCUT2D eigenvalue weighted by Crippen LogP contribution is -2.17. The van der Waals surface area contributed by atoms with Gasteiger partial charge in [-0.3, -0.25) is 16.0 Å². The van der Waals surface area contributed by atoms with Gasteiger partial charge in [-0.2, -0.15) is 0 Å². The fraction of sp³-hybridized carbons (Fsp3) is 0.286. The molecule has 1 aromatic heterocycles. The lowest BCUT2D eigenvalue weighted by atomic mass is 9.93. The molecule has 1 atom stereocenters. The third-order valence-electron chi connectivity index (χ3n) is 3.76. The number of para-hydroxylation sites is 1. The normalized spacial score (nSPS) is 17.1. The summed E-state index contributed by atoms with van der Waals surface area (Å²) >= 11 is 1.75. The van der Waals surface area contributed by atoms with Crippen LogP contribution in [0.3, 0.4) is 0 Å². The number of nitro benzene ring substituents is 1. The molecule has 110 valence electrons. The van der Waals surface area contributed by atoms with E-state index < -0.39 is 4.92 Å². The molecule has 3 rings (SSSR count). The van der Waals surface area contributed by atoms with Crippen molar-refractivity contribution in [3.8, 4) is 0 Å². The van der Waals surface area contributed by atoms with E-state index in [1.165, 1.54) is 10.4 Å². The molecule has 2 aromatic rings. The van der Waals surface area contributed by atoms with Crippen molar-refractivity contribution in [1.82, 2.24) is 0 Å². The Balaban J connectivity index is 1.95. The standard InChI is InChI=1S/C14H16N4O2S/c15-17-12-5-1-4-11(14(12)18(19)20)16-10-3-2-6-13-9(10)7-8-21-13/h1,4-5,7-8,10,16-17H,2-3,6,15H2. The lowest BCUT2D eigenvalue weighted by Gasteiger charge is -2.24. The van der Waals surface area contributed by atoms with E-state index in [4.69, 9.17) is 5.84 Å².